The molecule has 1 unspecified atom stereocenters. The van der Waals surface area contributed by atoms with Crippen LogP contribution in [0.3, 0.4) is 0 Å². The van der Waals surface area contributed by atoms with Crippen LogP contribution in [-0.4, -0.2) is 61.7 Å². The topological polar surface area (TPSA) is 167 Å². The van der Waals surface area contributed by atoms with Gasteiger partial charge in [-0.05, 0) is 72.6 Å². The quantitative estimate of drug-likeness (QED) is 0.0838. The smallest absolute Gasteiger partial charge is 0.343 e. The Morgan fingerprint density at radius 1 is 0.792 bits per heavy atom. The van der Waals surface area contributed by atoms with E-state index in [1.807, 2.05) is 0 Å². The first-order valence-electron chi connectivity index (χ1n) is 15.8. The summed E-state index contributed by atoms with van der Waals surface area (Å²) in [5.74, 6) is -2.37. The van der Waals surface area contributed by atoms with Crippen molar-refractivity contribution in [3.8, 4) is 17.2 Å². The van der Waals surface area contributed by atoms with Gasteiger partial charge in [-0.2, -0.15) is 0 Å². The third-order valence-electron chi connectivity index (χ3n) is 7.30. The largest absolute Gasteiger partial charge is 0.494 e. The van der Waals surface area contributed by atoms with E-state index in [2.05, 4.69) is 22.3 Å². The van der Waals surface area contributed by atoms with E-state index in [9.17, 15) is 29.1 Å². The fraction of sp³-hybridized carbons (Fsp3) is 0.361. The van der Waals surface area contributed by atoms with Crippen molar-refractivity contribution in [2.75, 3.05) is 26.1 Å². The molecule has 0 aromatic heterocycles. The van der Waals surface area contributed by atoms with Crippen LogP contribution in [-0.2, 0) is 25.5 Å². The molecule has 1 atom stereocenters. The minimum absolute atomic E-state index is 0.0631. The second-order valence-corrected chi connectivity index (χ2v) is 10.9. The molecule has 3 rings (SSSR count). The van der Waals surface area contributed by atoms with E-state index in [0.717, 1.165) is 12.8 Å². The molecule has 3 N–H and O–H groups in total. The predicted octanol–water partition coefficient (Wildman–Crippen LogP) is 5.58. The van der Waals surface area contributed by atoms with Crippen molar-refractivity contribution < 1.29 is 48.0 Å². The number of carboxylic acids is 1. The van der Waals surface area contributed by atoms with Crippen LogP contribution in [0.1, 0.15) is 78.1 Å². The molecule has 0 saturated carbocycles. The van der Waals surface area contributed by atoms with Gasteiger partial charge in [-0.3, -0.25) is 14.4 Å². The van der Waals surface area contributed by atoms with Crippen LogP contribution in [0.4, 0.5) is 5.69 Å². The minimum atomic E-state index is -1.29. The van der Waals surface area contributed by atoms with Crippen molar-refractivity contribution in [2.45, 2.75) is 64.3 Å². The van der Waals surface area contributed by atoms with Gasteiger partial charge in [0.2, 0.25) is 5.91 Å². The second-order valence-electron chi connectivity index (χ2n) is 10.9. The van der Waals surface area contributed by atoms with Gasteiger partial charge < -0.3 is 34.7 Å². The molecule has 12 heteroatoms. The Hall–Kier alpha value is -5.39. The summed E-state index contributed by atoms with van der Waals surface area (Å²) >= 11 is 0. The van der Waals surface area contributed by atoms with Gasteiger partial charge in [0.25, 0.3) is 5.91 Å². The monoisotopic (exact) mass is 662 g/mol. The Balaban J connectivity index is 1.56. The first-order chi connectivity index (χ1) is 23.1. The average molecular weight is 663 g/mol. The molecule has 0 aliphatic heterocycles. The van der Waals surface area contributed by atoms with E-state index in [4.69, 9.17) is 14.2 Å². The standard InChI is InChI=1S/C36H42N2O10/c1-4-5-6-7-8-21-47-28-16-12-26(13-17-28)36(44)48-30-18-9-24(23-31(30)45-2)22-29(35(42)43)38-34(41)25-10-14-27(15-11-25)37-32(39)19-20-33(40)46-3/h9-18,23,29H,4-8,19-22H2,1-3H3,(H,37,39)(H,38,41)(H,42,43). The fourth-order valence-electron chi connectivity index (χ4n) is 4.59. The van der Waals surface area contributed by atoms with Crippen molar-refractivity contribution in [1.29, 1.82) is 0 Å². The number of nitrogens with one attached hydrogen (secondary N) is 2. The molecule has 0 fully saturated rings. The van der Waals surface area contributed by atoms with Gasteiger partial charge in [-0.25, -0.2) is 9.59 Å². The van der Waals surface area contributed by atoms with Crippen molar-refractivity contribution in [3.63, 3.8) is 0 Å². The highest BCUT2D eigenvalue weighted by Crippen LogP contribution is 2.30. The third-order valence-corrected chi connectivity index (χ3v) is 7.30. The summed E-state index contributed by atoms with van der Waals surface area (Å²) in [7, 11) is 2.63. The van der Waals surface area contributed by atoms with Crippen LogP contribution < -0.4 is 24.8 Å². The molecule has 48 heavy (non-hydrogen) atoms. The molecule has 0 heterocycles. The molecular formula is C36H42N2O10. The van der Waals surface area contributed by atoms with E-state index in [1.54, 1.807) is 36.4 Å². The second kappa shape index (κ2) is 19.3. The summed E-state index contributed by atoms with van der Waals surface area (Å²) in [6.07, 6.45) is 5.47. The van der Waals surface area contributed by atoms with E-state index in [0.29, 0.717) is 29.2 Å². The van der Waals surface area contributed by atoms with Crippen molar-refractivity contribution in [1.82, 2.24) is 5.32 Å². The summed E-state index contributed by atoms with van der Waals surface area (Å²) in [6, 6.07) is 15.9. The molecule has 256 valence electrons. The van der Waals surface area contributed by atoms with E-state index in [1.165, 1.54) is 63.8 Å². The van der Waals surface area contributed by atoms with E-state index >= 15 is 0 Å². The molecule has 0 bridgehead atoms. The maximum Gasteiger partial charge on any atom is 0.343 e. The Kier molecular flexibility index (Phi) is 14.9. The number of hydrogen-bond acceptors (Lipinski definition) is 9. The molecule has 12 nitrogen and oxygen atoms in total. The maximum atomic E-state index is 12.8. The lowest BCUT2D eigenvalue weighted by atomic mass is 10.0. The number of methoxy groups -OCH3 is 2. The SMILES string of the molecule is CCCCCCCOc1ccc(C(=O)Oc2ccc(CC(NC(=O)c3ccc(NC(=O)CCC(=O)OC)cc3)C(=O)O)cc2OC)cc1. The van der Waals surface area contributed by atoms with Crippen molar-refractivity contribution in [2.24, 2.45) is 0 Å². The summed E-state index contributed by atoms with van der Waals surface area (Å²) in [5.41, 5.74) is 1.41. The molecule has 2 amide bonds. The van der Waals surface area contributed by atoms with Gasteiger partial charge in [0, 0.05) is 24.1 Å². The van der Waals surface area contributed by atoms with Crippen LogP contribution in [0, 0.1) is 0 Å². The number of carbonyl (C=O) groups is 5. The van der Waals surface area contributed by atoms with Gasteiger partial charge in [0.1, 0.15) is 11.8 Å². The van der Waals surface area contributed by atoms with Crippen LogP contribution in [0.25, 0.3) is 0 Å². The van der Waals surface area contributed by atoms with Gasteiger partial charge in [-0.15, -0.1) is 0 Å². The Bertz CT molecular complexity index is 1540. The van der Waals surface area contributed by atoms with Gasteiger partial charge in [0.05, 0.1) is 32.8 Å². The van der Waals surface area contributed by atoms with E-state index < -0.39 is 35.8 Å². The zero-order chi connectivity index (χ0) is 34.9. The highest BCUT2D eigenvalue weighted by molar-refractivity contribution is 5.98. The normalized spacial score (nSPS) is 11.1. The van der Waals surface area contributed by atoms with Gasteiger partial charge >= 0.3 is 17.9 Å². The number of ether oxygens (including phenoxy) is 4. The van der Waals surface area contributed by atoms with Gasteiger partial charge in [0.15, 0.2) is 11.5 Å². The molecule has 3 aromatic rings. The first kappa shape index (κ1) is 37.1. The number of anilines is 1. The number of carboxylic acid groups (broad SMARTS) is 1. The average Bonchev–Trinajstić information content (AvgIpc) is 3.09. The minimum Gasteiger partial charge on any atom is -0.494 e. The first-order valence-corrected chi connectivity index (χ1v) is 15.8. The lowest BCUT2D eigenvalue weighted by Gasteiger charge is -2.16. The van der Waals surface area contributed by atoms with Crippen LogP contribution in [0.5, 0.6) is 17.2 Å². The zero-order valence-corrected chi connectivity index (χ0v) is 27.4. The number of aliphatic carboxylic acids is 1. The molecule has 0 spiro atoms. The van der Waals surface area contributed by atoms with Crippen LogP contribution in [0.2, 0.25) is 0 Å². The summed E-state index contributed by atoms with van der Waals surface area (Å²) in [6.45, 7) is 2.78. The van der Waals surface area contributed by atoms with Gasteiger partial charge in [-0.1, -0.05) is 38.7 Å². The number of carbonyl (C=O) groups excluding carboxylic acids is 4. The molecule has 3 aromatic carbocycles. The Labute approximate surface area is 279 Å². The molecule has 0 aliphatic rings. The molecule has 0 aliphatic carbocycles. The summed E-state index contributed by atoms with van der Waals surface area (Å²) < 4.78 is 21.2. The summed E-state index contributed by atoms with van der Waals surface area (Å²) in [4.78, 5) is 60.9. The number of amides is 2. The number of hydrogen-bond donors (Lipinski definition) is 3. The van der Waals surface area contributed by atoms with Crippen molar-refractivity contribution in [3.05, 3.63) is 83.4 Å². The fourth-order valence-corrected chi connectivity index (χ4v) is 4.59. The maximum absolute atomic E-state index is 12.8. The Morgan fingerprint density at radius 3 is 2.12 bits per heavy atom. The number of benzene rings is 3. The lowest BCUT2D eigenvalue weighted by molar-refractivity contribution is -0.141. The highest BCUT2D eigenvalue weighted by atomic mass is 16.6. The van der Waals surface area contributed by atoms with Crippen molar-refractivity contribution >= 4 is 35.4 Å². The predicted molar refractivity (Wildman–Crippen MR) is 178 cm³/mol. The molecule has 0 radical (unpaired) electrons. The number of rotatable bonds is 19. The zero-order valence-electron chi connectivity index (χ0n) is 27.4. The van der Waals surface area contributed by atoms with Crippen LogP contribution >= 0.6 is 0 Å². The van der Waals surface area contributed by atoms with E-state index in [-0.39, 0.29) is 36.3 Å². The number of esters is 2. The van der Waals surface area contributed by atoms with Crippen LogP contribution in [0.15, 0.2) is 66.7 Å². The number of unbranched alkanes of at least 4 members (excludes halogenated alkanes) is 4. The third kappa shape index (κ3) is 12.1. The summed E-state index contributed by atoms with van der Waals surface area (Å²) in [5, 5.41) is 14.9. The Morgan fingerprint density at radius 2 is 1.48 bits per heavy atom. The highest BCUT2D eigenvalue weighted by Gasteiger charge is 2.23. The molecule has 0 saturated heterocycles. The molecular weight excluding hydrogens is 620 g/mol. The lowest BCUT2D eigenvalue weighted by Crippen LogP contribution is -2.42.